The summed E-state index contributed by atoms with van der Waals surface area (Å²) in [5, 5.41) is 2.50. The summed E-state index contributed by atoms with van der Waals surface area (Å²) < 4.78 is 29.6. The molecule has 4 aromatic rings. The standard InChI is InChI=1S/C28H33N3O2S/c1-18(2)25-20-10-9-19(15-23(20)30-13-14-34(32,33)17-24(25)30)16-28(3,4)26-21-7-5-11-29-27(21)31-12-6-8-22(26)31/h5,7,9-11,15,18H,6,8,12-14,16-17H2,1-4H3. The van der Waals surface area contributed by atoms with Crippen molar-refractivity contribution in [3.05, 3.63) is 64.6 Å². The van der Waals surface area contributed by atoms with Gasteiger partial charge in [0.25, 0.3) is 0 Å². The molecule has 0 saturated heterocycles. The van der Waals surface area contributed by atoms with Crippen LogP contribution in [0.3, 0.4) is 0 Å². The maximum atomic E-state index is 12.4. The predicted molar refractivity (Wildman–Crippen MR) is 138 cm³/mol. The minimum Gasteiger partial charge on any atom is -0.342 e. The molecule has 1 aromatic carbocycles. The summed E-state index contributed by atoms with van der Waals surface area (Å²) in [6.07, 6.45) is 5.14. The van der Waals surface area contributed by atoms with Crippen LogP contribution in [0.4, 0.5) is 0 Å². The van der Waals surface area contributed by atoms with E-state index >= 15 is 0 Å². The van der Waals surface area contributed by atoms with Crippen LogP contribution in [0.2, 0.25) is 0 Å². The first kappa shape index (κ1) is 21.9. The predicted octanol–water partition coefficient (Wildman–Crippen LogP) is 5.51. The van der Waals surface area contributed by atoms with E-state index in [4.69, 9.17) is 4.98 Å². The van der Waals surface area contributed by atoms with Gasteiger partial charge in [-0.3, -0.25) is 0 Å². The molecule has 178 valence electrons. The van der Waals surface area contributed by atoms with E-state index < -0.39 is 9.84 Å². The summed E-state index contributed by atoms with van der Waals surface area (Å²) >= 11 is 0. The second kappa shape index (κ2) is 7.45. The summed E-state index contributed by atoms with van der Waals surface area (Å²) in [4.78, 5) is 4.72. The second-order valence-corrected chi connectivity index (χ2v) is 13.3. The molecule has 5 nitrogen and oxygen atoms in total. The molecule has 0 radical (unpaired) electrons. The van der Waals surface area contributed by atoms with E-state index in [0.29, 0.717) is 6.54 Å². The quantitative estimate of drug-likeness (QED) is 0.391. The fraction of sp³-hybridized carbons (Fsp3) is 0.464. The van der Waals surface area contributed by atoms with Crippen LogP contribution in [-0.2, 0) is 46.9 Å². The monoisotopic (exact) mass is 475 g/mol. The largest absolute Gasteiger partial charge is 0.342 e. The molecule has 0 aliphatic carbocycles. The van der Waals surface area contributed by atoms with Gasteiger partial charge in [0.15, 0.2) is 9.84 Å². The van der Waals surface area contributed by atoms with Crippen LogP contribution in [0.5, 0.6) is 0 Å². The highest BCUT2D eigenvalue weighted by Crippen LogP contribution is 2.41. The van der Waals surface area contributed by atoms with Gasteiger partial charge in [-0.05, 0) is 65.5 Å². The molecule has 6 rings (SSSR count). The first-order valence-electron chi connectivity index (χ1n) is 12.5. The van der Waals surface area contributed by atoms with Gasteiger partial charge in [0.2, 0.25) is 0 Å². The summed E-state index contributed by atoms with van der Waals surface area (Å²) in [5.74, 6) is 0.677. The number of hydrogen-bond acceptors (Lipinski definition) is 3. The first-order valence-corrected chi connectivity index (χ1v) is 14.3. The normalized spacial score (nSPS) is 17.6. The molecular formula is C28H33N3O2S. The van der Waals surface area contributed by atoms with Crippen molar-refractivity contribution in [1.29, 1.82) is 0 Å². The van der Waals surface area contributed by atoms with E-state index in [1.807, 2.05) is 6.20 Å². The average Bonchev–Trinajstić information content (AvgIpc) is 3.42. The van der Waals surface area contributed by atoms with Crippen molar-refractivity contribution < 1.29 is 8.42 Å². The summed E-state index contributed by atoms with van der Waals surface area (Å²) in [7, 11) is -3.02. The number of sulfone groups is 1. The number of pyridine rings is 1. The van der Waals surface area contributed by atoms with Gasteiger partial charge in [0.1, 0.15) is 5.65 Å². The van der Waals surface area contributed by atoms with E-state index in [9.17, 15) is 8.42 Å². The van der Waals surface area contributed by atoms with Gasteiger partial charge in [-0.1, -0.05) is 39.8 Å². The van der Waals surface area contributed by atoms with Gasteiger partial charge >= 0.3 is 0 Å². The Morgan fingerprint density at radius 1 is 1.06 bits per heavy atom. The lowest BCUT2D eigenvalue weighted by Gasteiger charge is -2.26. The Morgan fingerprint density at radius 3 is 2.68 bits per heavy atom. The van der Waals surface area contributed by atoms with Crippen molar-refractivity contribution in [2.24, 2.45) is 0 Å². The molecule has 0 atom stereocenters. The third kappa shape index (κ3) is 3.25. The summed E-state index contributed by atoms with van der Waals surface area (Å²) in [6, 6.07) is 11.1. The topological polar surface area (TPSA) is 56.9 Å². The van der Waals surface area contributed by atoms with E-state index in [0.717, 1.165) is 30.7 Å². The van der Waals surface area contributed by atoms with Crippen molar-refractivity contribution in [3.8, 4) is 0 Å². The molecule has 5 heterocycles. The Kier molecular flexibility index (Phi) is 4.80. The zero-order valence-corrected chi connectivity index (χ0v) is 21.4. The van der Waals surface area contributed by atoms with Crippen molar-refractivity contribution >= 4 is 31.8 Å². The van der Waals surface area contributed by atoms with Crippen molar-refractivity contribution in [3.63, 3.8) is 0 Å². The molecule has 0 saturated carbocycles. The molecule has 3 aromatic heterocycles. The van der Waals surface area contributed by atoms with Crippen LogP contribution in [0, 0.1) is 0 Å². The number of rotatable bonds is 4. The number of nitrogens with zero attached hydrogens (tertiary/aromatic N) is 3. The Hall–Kier alpha value is -2.60. The maximum Gasteiger partial charge on any atom is 0.157 e. The Balaban J connectivity index is 1.46. The van der Waals surface area contributed by atoms with E-state index in [-0.39, 0.29) is 22.8 Å². The minimum atomic E-state index is -3.02. The van der Waals surface area contributed by atoms with E-state index in [1.165, 1.54) is 45.1 Å². The van der Waals surface area contributed by atoms with Crippen LogP contribution in [0.25, 0.3) is 21.9 Å². The van der Waals surface area contributed by atoms with Gasteiger partial charge in [-0.15, -0.1) is 0 Å². The molecule has 0 spiro atoms. The fourth-order valence-electron chi connectivity index (χ4n) is 6.64. The molecule has 0 amide bonds. The highest BCUT2D eigenvalue weighted by molar-refractivity contribution is 7.90. The molecule has 2 aliphatic rings. The zero-order valence-electron chi connectivity index (χ0n) is 20.6. The van der Waals surface area contributed by atoms with Gasteiger partial charge < -0.3 is 9.13 Å². The lowest BCUT2D eigenvalue weighted by Crippen LogP contribution is -2.24. The number of benzene rings is 1. The van der Waals surface area contributed by atoms with Crippen LogP contribution in [0.15, 0.2) is 36.5 Å². The Labute approximate surface area is 201 Å². The fourth-order valence-corrected chi connectivity index (χ4v) is 7.97. The third-order valence-electron chi connectivity index (χ3n) is 7.88. The smallest absolute Gasteiger partial charge is 0.157 e. The van der Waals surface area contributed by atoms with E-state index in [2.05, 4.69) is 67.2 Å². The number of aromatic nitrogens is 3. The van der Waals surface area contributed by atoms with Crippen LogP contribution >= 0.6 is 0 Å². The molecule has 34 heavy (non-hydrogen) atoms. The number of aryl methyl sites for hydroxylation is 2. The van der Waals surface area contributed by atoms with Crippen molar-refractivity contribution in [2.45, 2.75) is 77.1 Å². The van der Waals surface area contributed by atoms with Crippen LogP contribution in [0.1, 0.15) is 68.1 Å². The SMILES string of the molecule is CC(C)c1c2n(c3cc(CC(C)(C)c4c5n(c6ncccc46)CCC5)ccc13)CCS(=O)(=O)C2. The molecule has 2 aliphatic heterocycles. The second-order valence-electron chi connectivity index (χ2n) is 11.1. The van der Waals surface area contributed by atoms with Crippen LogP contribution < -0.4 is 0 Å². The van der Waals surface area contributed by atoms with Gasteiger partial charge in [-0.2, -0.15) is 0 Å². The molecule has 0 unspecified atom stereocenters. The van der Waals surface area contributed by atoms with Crippen molar-refractivity contribution in [2.75, 3.05) is 5.75 Å². The summed E-state index contributed by atoms with van der Waals surface area (Å²) in [5.41, 5.74) is 8.67. The zero-order chi connectivity index (χ0) is 23.8. The Morgan fingerprint density at radius 2 is 1.88 bits per heavy atom. The van der Waals surface area contributed by atoms with Gasteiger partial charge in [-0.25, -0.2) is 13.4 Å². The van der Waals surface area contributed by atoms with E-state index in [1.54, 1.807) is 0 Å². The third-order valence-corrected chi connectivity index (χ3v) is 9.40. The Bertz CT molecular complexity index is 1550. The number of hydrogen-bond donors (Lipinski definition) is 0. The molecule has 0 N–H and O–H groups in total. The van der Waals surface area contributed by atoms with Gasteiger partial charge in [0.05, 0.1) is 11.5 Å². The van der Waals surface area contributed by atoms with Crippen LogP contribution in [-0.4, -0.2) is 28.3 Å². The minimum absolute atomic E-state index is 0.0403. The average molecular weight is 476 g/mol. The maximum absolute atomic E-state index is 12.4. The number of fused-ring (bicyclic) bond motifs is 6. The molecular weight excluding hydrogens is 442 g/mol. The summed E-state index contributed by atoms with van der Waals surface area (Å²) in [6.45, 7) is 10.7. The molecule has 6 heteroatoms. The molecule has 0 bridgehead atoms. The first-order chi connectivity index (χ1) is 16.2. The highest BCUT2D eigenvalue weighted by atomic mass is 32.2. The molecule has 0 fully saturated rings. The highest BCUT2D eigenvalue weighted by Gasteiger charge is 2.33. The van der Waals surface area contributed by atoms with Crippen molar-refractivity contribution in [1.82, 2.24) is 14.1 Å². The lowest BCUT2D eigenvalue weighted by molar-refractivity contribution is 0.521. The van der Waals surface area contributed by atoms with Gasteiger partial charge in [0, 0.05) is 47.0 Å². The lowest BCUT2D eigenvalue weighted by atomic mass is 9.77.